The molecule has 0 aromatic heterocycles. The molecule has 0 saturated carbocycles. The largest absolute Gasteiger partial charge is 0.482 e. The average molecular weight is 423 g/mol. The minimum atomic E-state index is -0.653. The normalized spacial score (nSPS) is 11.8. The van der Waals surface area contributed by atoms with Crippen molar-refractivity contribution in [1.29, 1.82) is 0 Å². The van der Waals surface area contributed by atoms with E-state index in [9.17, 15) is 9.59 Å². The molecule has 0 spiro atoms. The van der Waals surface area contributed by atoms with Crippen LogP contribution in [0.15, 0.2) is 48.5 Å². The monoisotopic (exact) mass is 422 g/mol. The SMILES string of the molecule is CC(C)NC(=O)[C@@H](C)N(Cc1ccccc1)C(=O)COc1ccc(Cl)cc1Cl. The molecule has 0 heterocycles. The molecule has 7 heteroatoms. The molecule has 2 amide bonds. The van der Waals surface area contributed by atoms with Crippen molar-refractivity contribution in [2.45, 2.75) is 39.4 Å². The molecule has 1 N–H and O–H groups in total. The van der Waals surface area contributed by atoms with Gasteiger partial charge >= 0.3 is 0 Å². The lowest BCUT2D eigenvalue weighted by molar-refractivity contribution is -0.142. The first-order valence-electron chi connectivity index (χ1n) is 8.99. The molecule has 28 heavy (non-hydrogen) atoms. The molecule has 0 radical (unpaired) electrons. The van der Waals surface area contributed by atoms with Crippen molar-refractivity contribution in [1.82, 2.24) is 10.2 Å². The Morgan fingerprint density at radius 1 is 1.07 bits per heavy atom. The minimum Gasteiger partial charge on any atom is -0.482 e. The van der Waals surface area contributed by atoms with Gasteiger partial charge in [0.05, 0.1) is 5.02 Å². The molecule has 0 aliphatic rings. The van der Waals surface area contributed by atoms with E-state index >= 15 is 0 Å². The molecule has 150 valence electrons. The van der Waals surface area contributed by atoms with Crippen molar-refractivity contribution in [2.24, 2.45) is 0 Å². The van der Waals surface area contributed by atoms with Crippen molar-refractivity contribution < 1.29 is 14.3 Å². The maximum atomic E-state index is 12.9. The van der Waals surface area contributed by atoms with Gasteiger partial charge in [-0.3, -0.25) is 9.59 Å². The van der Waals surface area contributed by atoms with Crippen LogP contribution in [0, 0.1) is 0 Å². The van der Waals surface area contributed by atoms with Gasteiger partial charge in [-0.05, 0) is 44.5 Å². The highest BCUT2D eigenvalue weighted by molar-refractivity contribution is 6.35. The number of rotatable bonds is 8. The van der Waals surface area contributed by atoms with E-state index in [-0.39, 0.29) is 24.5 Å². The maximum absolute atomic E-state index is 12.9. The fourth-order valence-electron chi connectivity index (χ4n) is 2.58. The Hall–Kier alpha value is -2.24. The van der Waals surface area contributed by atoms with Crippen LogP contribution in [0.1, 0.15) is 26.3 Å². The molecular weight excluding hydrogens is 399 g/mol. The highest BCUT2D eigenvalue weighted by Gasteiger charge is 2.27. The summed E-state index contributed by atoms with van der Waals surface area (Å²) in [5, 5.41) is 3.64. The summed E-state index contributed by atoms with van der Waals surface area (Å²) < 4.78 is 5.57. The van der Waals surface area contributed by atoms with Crippen LogP contribution in [0.2, 0.25) is 10.0 Å². The molecule has 0 aliphatic heterocycles. The number of ether oxygens (including phenoxy) is 1. The third kappa shape index (κ3) is 6.43. The van der Waals surface area contributed by atoms with Crippen LogP contribution >= 0.6 is 23.2 Å². The smallest absolute Gasteiger partial charge is 0.261 e. The summed E-state index contributed by atoms with van der Waals surface area (Å²) in [7, 11) is 0. The summed E-state index contributed by atoms with van der Waals surface area (Å²) >= 11 is 12.0. The van der Waals surface area contributed by atoms with Crippen molar-refractivity contribution in [3.63, 3.8) is 0 Å². The van der Waals surface area contributed by atoms with E-state index in [2.05, 4.69) is 5.32 Å². The number of carbonyl (C=O) groups is 2. The molecule has 0 bridgehead atoms. The first-order chi connectivity index (χ1) is 13.3. The van der Waals surface area contributed by atoms with Crippen LogP contribution in [0.5, 0.6) is 5.75 Å². The van der Waals surface area contributed by atoms with Crippen molar-refractivity contribution >= 4 is 35.0 Å². The zero-order chi connectivity index (χ0) is 20.7. The van der Waals surface area contributed by atoms with E-state index in [1.165, 1.54) is 4.90 Å². The molecule has 2 rings (SSSR count). The zero-order valence-electron chi connectivity index (χ0n) is 16.1. The summed E-state index contributed by atoms with van der Waals surface area (Å²) in [6, 6.07) is 13.6. The van der Waals surface area contributed by atoms with Gasteiger partial charge in [0, 0.05) is 17.6 Å². The van der Waals surface area contributed by atoms with Crippen LogP contribution in [0.4, 0.5) is 0 Å². The lowest BCUT2D eigenvalue weighted by Crippen LogP contribution is -2.50. The van der Waals surface area contributed by atoms with E-state index in [1.54, 1.807) is 25.1 Å². The molecule has 0 saturated heterocycles. The first kappa shape index (κ1) is 22.1. The van der Waals surface area contributed by atoms with E-state index in [0.717, 1.165) is 5.56 Å². The van der Waals surface area contributed by atoms with Crippen LogP contribution in [0.25, 0.3) is 0 Å². The Bertz CT molecular complexity index is 813. The van der Waals surface area contributed by atoms with Gasteiger partial charge in [-0.25, -0.2) is 0 Å². The number of nitrogens with zero attached hydrogens (tertiary/aromatic N) is 1. The third-order valence-corrected chi connectivity index (χ3v) is 4.57. The predicted molar refractivity (Wildman–Crippen MR) is 112 cm³/mol. The summed E-state index contributed by atoms with van der Waals surface area (Å²) in [4.78, 5) is 26.9. The number of hydrogen-bond acceptors (Lipinski definition) is 3. The fraction of sp³-hybridized carbons (Fsp3) is 0.333. The van der Waals surface area contributed by atoms with Gasteiger partial charge in [0.2, 0.25) is 5.91 Å². The van der Waals surface area contributed by atoms with Gasteiger partial charge in [-0.2, -0.15) is 0 Å². The fourth-order valence-corrected chi connectivity index (χ4v) is 3.05. The summed E-state index contributed by atoms with van der Waals surface area (Å²) in [5.74, 6) is -0.177. The molecular formula is C21H24Cl2N2O3. The minimum absolute atomic E-state index is 0.0206. The van der Waals surface area contributed by atoms with Gasteiger partial charge in [0.15, 0.2) is 6.61 Å². The summed E-state index contributed by atoms with van der Waals surface area (Å²) in [6.45, 7) is 5.50. The molecule has 0 aliphatic carbocycles. The Labute approximate surface area is 175 Å². The molecule has 1 atom stereocenters. The second kappa shape index (κ2) is 10.3. The number of halogens is 2. The maximum Gasteiger partial charge on any atom is 0.261 e. The molecule has 2 aromatic rings. The van der Waals surface area contributed by atoms with Crippen LogP contribution < -0.4 is 10.1 Å². The van der Waals surface area contributed by atoms with Crippen molar-refractivity contribution in [3.05, 3.63) is 64.1 Å². The number of carbonyl (C=O) groups excluding carboxylic acids is 2. The van der Waals surface area contributed by atoms with Crippen LogP contribution in [0.3, 0.4) is 0 Å². The average Bonchev–Trinajstić information content (AvgIpc) is 2.65. The standard InChI is InChI=1S/C21H24Cl2N2O3/c1-14(2)24-21(27)15(3)25(12-16-7-5-4-6-8-16)20(26)13-28-19-10-9-17(22)11-18(19)23/h4-11,14-15H,12-13H2,1-3H3,(H,24,27)/t15-/m1/s1. The van der Waals surface area contributed by atoms with E-state index in [0.29, 0.717) is 22.3 Å². The van der Waals surface area contributed by atoms with Crippen molar-refractivity contribution in [2.75, 3.05) is 6.61 Å². The third-order valence-electron chi connectivity index (χ3n) is 4.04. The van der Waals surface area contributed by atoms with Gasteiger partial charge in [0.1, 0.15) is 11.8 Å². The second-order valence-corrected chi connectivity index (χ2v) is 7.55. The van der Waals surface area contributed by atoms with Gasteiger partial charge in [-0.1, -0.05) is 53.5 Å². The zero-order valence-corrected chi connectivity index (χ0v) is 17.6. The molecule has 5 nitrogen and oxygen atoms in total. The summed E-state index contributed by atoms with van der Waals surface area (Å²) in [5.41, 5.74) is 0.921. The molecule has 2 aromatic carbocycles. The van der Waals surface area contributed by atoms with Gasteiger partial charge < -0.3 is 15.0 Å². The van der Waals surface area contributed by atoms with E-state index < -0.39 is 6.04 Å². The van der Waals surface area contributed by atoms with Crippen molar-refractivity contribution in [3.8, 4) is 5.75 Å². The quantitative estimate of drug-likeness (QED) is 0.688. The Balaban J connectivity index is 2.14. The highest BCUT2D eigenvalue weighted by atomic mass is 35.5. The Morgan fingerprint density at radius 2 is 1.75 bits per heavy atom. The Morgan fingerprint density at radius 3 is 2.36 bits per heavy atom. The van der Waals surface area contributed by atoms with E-state index in [4.69, 9.17) is 27.9 Å². The molecule has 0 unspecified atom stereocenters. The van der Waals surface area contributed by atoms with Gasteiger partial charge in [0.25, 0.3) is 5.91 Å². The lowest BCUT2D eigenvalue weighted by atomic mass is 10.1. The number of amides is 2. The Kier molecular flexibility index (Phi) is 8.15. The lowest BCUT2D eigenvalue weighted by Gasteiger charge is -2.29. The van der Waals surface area contributed by atoms with Crippen LogP contribution in [-0.2, 0) is 16.1 Å². The topological polar surface area (TPSA) is 58.6 Å². The molecule has 0 fully saturated rings. The predicted octanol–water partition coefficient (Wildman–Crippen LogP) is 4.31. The first-order valence-corrected chi connectivity index (χ1v) is 9.75. The summed E-state index contributed by atoms with van der Waals surface area (Å²) in [6.07, 6.45) is 0. The number of hydrogen-bond donors (Lipinski definition) is 1. The van der Waals surface area contributed by atoms with Gasteiger partial charge in [-0.15, -0.1) is 0 Å². The second-order valence-electron chi connectivity index (χ2n) is 6.71. The van der Waals surface area contributed by atoms with E-state index in [1.807, 2.05) is 44.2 Å². The highest BCUT2D eigenvalue weighted by Crippen LogP contribution is 2.27. The van der Waals surface area contributed by atoms with Crippen LogP contribution in [-0.4, -0.2) is 35.4 Å². The number of benzene rings is 2. The number of nitrogens with one attached hydrogen (secondary N) is 1.